The molecule has 1 fully saturated rings. The molecule has 1 N–H and O–H groups in total. The van der Waals surface area contributed by atoms with Gasteiger partial charge in [-0.1, -0.05) is 0 Å². The molecule has 1 atom stereocenters. The predicted octanol–water partition coefficient (Wildman–Crippen LogP) is 2.53. The topological polar surface area (TPSA) is 43.4 Å². The number of rotatable bonds is 8. The lowest BCUT2D eigenvalue weighted by Crippen LogP contribution is -2.30. The Morgan fingerprint density at radius 1 is 1.20 bits per heavy atom. The van der Waals surface area contributed by atoms with Crippen molar-refractivity contribution in [1.29, 1.82) is 0 Å². The van der Waals surface area contributed by atoms with Gasteiger partial charge in [0.05, 0.1) is 6.61 Å². The van der Waals surface area contributed by atoms with Gasteiger partial charge in [0.25, 0.3) is 0 Å². The summed E-state index contributed by atoms with van der Waals surface area (Å²) in [6, 6.07) is 2.96. The van der Waals surface area contributed by atoms with Crippen molar-refractivity contribution < 1.29 is 19.0 Å². The molecule has 1 aliphatic rings. The lowest BCUT2D eigenvalue weighted by molar-refractivity contribution is 0.0651. The van der Waals surface area contributed by atoms with Crippen molar-refractivity contribution in [3.05, 3.63) is 35.4 Å². The Bertz CT molecular complexity index is 418. The number of hydrogen-bond donors (Lipinski definition) is 1. The van der Waals surface area contributed by atoms with Gasteiger partial charge in [-0.05, 0) is 42.9 Å². The highest BCUT2D eigenvalue weighted by Gasteiger charge is 2.24. The Morgan fingerprint density at radius 2 is 1.85 bits per heavy atom. The monoisotopic (exact) mass is 284 g/mol. The number of nitrogens with zero attached hydrogens (tertiary/aromatic N) is 1. The fraction of sp³-hybridized carbons (Fsp3) is 0.600. The van der Waals surface area contributed by atoms with Crippen LogP contribution < -0.4 is 0 Å². The first kappa shape index (κ1) is 15.4. The van der Waals surface area contributed by atoms with Crippen molar-refractivity contribution in [2.24, 2.45) is 5.92 Å². The molecule has 1 aromatic rings. The first-order valence-electron chi connectivity index (χ1n) is 7.03. The van der Waals surface area contributed by atoms with Crippen LogP contribution in [0.3, 0.4) is 0 Å². The summed E-state index contributed by atoms with van der Waals surface area (Å²) in [6.45, 7) is 2.04. The third-order valence-electron chi connectivity index (χ3n) is 3.59. The van der Waals surface area contributed by atoms with E-state index in [2.05, 4.69) is 4.90 Å². The average Bonchev–Trinajstić information content (AvgIpc) is 3.18. The van der Waals surface area contributed by atoms with E-state index in [0.717, 1.165) is 24.7 Å². The quantitative estimate of drug-likeness (QED) is 0.797. The average molecular weight is 284 g/mol. The first-order chi connectivity index (χ1) is 9.58. The summed E-state index contributed by atoms with van der Waals surface area (Å²) in [5.41, 5.74) is 0.151. The van der Waals surface area contributed by atoms with Crippen LogP contribution in [0.15, 0.2) is 18.2 Å². The van der Waals surface area contributed by atoms with Crippen molar-refractivity contribution in [1.82, 2.24) is 4.90 Å². The van der Waals surface area contributed by atoms with Gasteiger partial charge in [-0.2, -0.15) is 0 Å². The van der Waals surface area contributed by atoms with E-state index in [1.54, 1.807) is 0 Å². The maximum Gasteiger partial charge on any atom is 0.126 e. The van der Waals surface area contributed by atoms with Crippen molar-refractivity contribution in [2.45, 2.75) is 25.4 Å². The minimum absolute atomic E-state index is 0.0604. The van der Waals surface area contributed by atoms with Crippen LogP contribution in [-0.2, 0) is 5.11 Å². The van der Waals surface area contributed by atoms with Crippen molar-refractivity contribution in [3.8, 4) is 0 Å². The summed E-state index contributed by atoms with van der Waals surface area (Å²) in [7, 11) is 0. The Labute approximate surface area is 117 Å². The molecular weight excluding hydrogens is 264 g/mol. The molecule has 1 aromatic carbocycles. The fourth-order valence-corrected chi connectivity index (χ4v) is 2.33. The molecule has 1 aliphatic carbocycles. The minimum Gasteiger partial charge on any atom is -0.395 e. The minimum atomic E-state index is -1.14. The zero-order valence-corrected chi connectivity index (χ0v) is 11.4. The largest absolute Gasteiger partial charge is 0.395 e. The molecule has 0 saturated heterocycles. The first-order valence-corrected chi connectivity index (χ1v) is 7.03. The van der Waals surface area contributed by atoms with E-state index in [9.17, 15) is 13.9 Å². The molecule has 1 unspecified atom stereocenters. The van der Waals surface area contributed by atoms with Gasteiger partial charge in [-0.3, -0.25) is 0 Å². The second kappa shape index (κ2) is 7.11. The van der Waals surface area contributed by atoms with Gasteiger partial charge in [-0.25, -0.2) is 13.9 Å². The van der Waals surface area contributed by atoms with Crippen LogP contribution in [0.25, 0.3) is 0 Å². The maximum atomic E-state index is 13.1. The van der Waals surface area contributed by atoms with Gasteiger partial charge in [0, 0.05) is 25.7 Å². The van der Waals surface area contributed by atoms with E-state index in [1.807, 2.05) is 0 Å². The van der Waals surface area contributed by atoms with Gasteiger partial charge in [-0.15, -0.1) is 0 Å². The highest BCUT2D eigenvalue weighted by molar-refractivity contribution is 5.20. The number of hydrogen-bond acceptors (Lipinski definition) is 2. The number of halogens is 2. The summed E-state index contributed by atoms with van der Waals surface area (Å²) >= 11 is 0. The van der Waals surface area contributed by atoms with Gasteiger partial charge in [0.1, 0.15) is 17.7 Å². The molecular formula is C15H20F2NO2. The van der Waals surface area contributed by atoms with Crippen LogP contribution in [-0.4, -0.2) is 36.2 Å². The van der Waals surface area contributed by atoms with Crippen molar-refractivity contribution in [2.75, 3.05) is 26.2 Å². The predicted molar refractivity (Wildman–Crippen MR) is 70.7 cm³/mol. The maximum absolute atomic E-state index is 13.1. The molecule has 1 saturated carbocycles. The SMILES string of the molecule is [O]C(CCN(CCO)CC1CC1)c1cc(F)cc(F)c1. The molecule has 0 aliphatic heterocycles. The van der Waals surface area contributed by atoms with E-state index < -0.39 is 17.7 Å². The standard InChI is InChI=1S/C15H20F2NO2/c16-13-7-12(8-14(17)9-13)15(20)3-4-18(5-6-19)10-11-1-2-11/h7-9,11,15,19H,1-6,10H2. The molecule has 5 heteroatoms. The van der Waals surface area contributed by atoms with Crippen LogP contribution in [0.4, 0.5) is 8.78 Å². The Kier molecular flexibility index (Phi) is 5.46. The van der Waals surface area contributed by atoms with Crippen molar-refractivity contribution >= 4 is 0 Å². The summed E-state index contributed by atoms with van der Waals surface area (Å²) in [5, 5.41) is 21.0. The van der Waals surface area contributed by atoms with Crippen LogP contribution >= 0.6 is 0 Å². The molecule has 2 rings (SSSR count). The third kappa shape index (κ3) is 4.81. The van der Waals surface area contributed by atoms with Gasteiger partial charge < -0.3 is 10.0 Å². The Hall–Kier alpha value is -1.04. The third-order valence-corrected chi connectivity index (χ3v) is 3.59. The summed E-state index contributed by atoms with van der Waals surface area (Å²) in [5.74, 6) is -0.754. The van der Waals surface area contributed by atoms with Crippen LogP contribution in [0, 0.1) is 17.6 Å². The second-order valence-electron chi connectivity index (χ2n) is 5.45. The lowest BCUT2D eigenvalue weighted by atomic mass is 10.1. The van der Waals surface area contributed by atoms with Crippen molar-refractivity contribution in [3.63, 3.8) is 0 Å². The zero-order chi connectivity index (χ0) is 14.5. The van der Waals surface area contributed by atoms with E-state index in [1.165, 1.54) is 12.8 Å². The van der Waals surface area contributed by atoms with Gasteiger partial charge in [0.15, 0.2) is 0 Å². The molecule has 0 amide bonds. The summed E-state index contributed by atoms with van der Waals surface area (Å²) < 4.78 is 26.1. The highest BCUT2D eigenvalue weighted by atomic mass is 19.1. The second-order valence-corrected chi connectivity index (χ2v) is 5.45. The van der Waals surface area contributed by atoms with Gasteiger partial charge in [0.2, 0.25) is 0 Å². The molecule has 3 nitrogen and oxygen atoms in total. The number of aliphatic hydroxyl groups is 1. The highest BCUT2D eigenvalue weighted by Crippen LogP contribution is 2.30. The van der Waals surface area contributed by atoms with Crippen LogP contribution in [0.2, 0.25) is 0 Å². The molecule has 0 spiro atoms. The number of aliphatic hydroxyl groups excluding tert-OH is 1. The molecule has 0 aromatic heterocycles. The summed E-state index contributed by atoms with van der Waals surface area (Å²) in [4.78, 5) is 2.05. The number of benzene rings is 1. The normalized spacial score (nSPS) is 16.6. The smallest absolute Gasteiger partial charge is 0.126 e. The van der Waals surface area contributed by atoms with E-state index >= 15 is 0 Å². The Balaban J connectivity index is 1.86. The van der Waals surface area contributed by atoms with Gasteiger partial charge >= 0.3 is 0 Å². The zero-order valence-electron chi connectivity index (χ0n) is 11.4. The molecule has 0 bridgehead atoms. The Morgan fingerprint density at radius 3 is 2.40 bits per heavy atom. The molecule has 1 radical (unpaired) electrons. The molecule has 0 heterocycles. The van der Waals surface area contributed by atoms with E-state index in [4.69, 9.17) is 5.11 Å². The molecule has 20 heavy (non-hydrogen) atoms. The van der Waals surface area contributed by atoms with E-state index in [0.29, 0.717) is 19.0 Å². The summed E-state index contributed by atoms with van der Waals surface area (Å²) in [6.07, 6.45) is 1.56. The van der Waals surface area contributed by atoms with E-state index in [-0.39, 0.29) is 18.6 Å². The van der Waals surface area contributed by atoms with Crippen LogP contribution in [0.5, 0.6) is 0 Å². The fourth-order valence-electron chi connectivity index (χ4n) is 2.33. The van der Waals surface area contributed by atoms with Crippen LogP contribution in [0.1, 0.15) is 30.9 Å². The lowest BCUT2D eigenvalue weighted by Gasteiger charge is -2.22. The molecule has 111 valence electrons.